The van der Waals surface area contributed by atoms with E-state index in [0.717, 1.165) is 25.9 Å². The molecule has 0 aliphatic carbocycles. The Morgan fingerprint density at radius 3 is 2.60 bits per heavy atom. The van der Waals surface area contributed by atoms with Crippen molar-refractivity contribution in [2.24, 2.45) is 0 Å². The van der Waals surface area contributed by atoms with Crippen LogP contribution < -0.4 is 4.90 Å². The Hall–Kier alpha value is -1.88. The number of amides is 1. The topological polar surface area (TPSA) is 66.8 Å². The van der Waals surface area contributed by atoms with Gasteiger partial charge in [-0.3, -0.25) is 4.79 Å². The molecule has 1 saturated heterocycles. The number of hydrogen-bond donors (Lipinski definition) is 1. The van der Waals surface area contributed by atoms with Crippen LogP contribution in [-0.2, 0) is 9.53 Å². The first-order valence-corrected chi connectivity index (χ1v) is 6.79. The van der Waals surface area contributed by atoms with Crippen LogP contribution in [0.1, 0.15) is 36.0 Å². The van der Waals surface area contributed by atoms with Gasteiger partial charge in [0.15, 0.2) is 0 Å². The Bertz CT molecular complexity index is 477. The number of benzene rings is 1. The largest absolute Gasteiger partial charge is 0.478 e. The van der Waals surface area contributed by atoms with Crippen molar-refractivity contribution in [3.05, 3.63) is 29.8 Å². The zero-order valence-electron chi connectivity index (χ0n) is 11.5. The Morgan fingerprint density at radius 2 is 2.05 bits per heavy atom. The van der Waals surface area contributed by atoms with E-state index >= 15 is 0 Å². The molecule has 5 nitrogen and oxygen atoms in total. The smallest absolute Gasteiger partial charge is 0.335 e. The van der Waals surface area contributed by atoms with Crippen LogP contribution in [-0.4, -0.2) is 36.7 Å². The van der Waals surface area contributed by atoms with Crippen LogP contribution in [0.2, 0.25) is 0 Å². The lowest BCUT2D eigenvalue weighted by Gasteiger charge is -2.18. The van der Waals surface area contributed by atoms with Crippen molar-refractivity contribution in [1.29, 1.82) is 0 Å². The van der Waals surface area contributed by atoms with Gasteiger partial charge in [-0.15, -0.1) is 0 Å². The highest BCUT2D eigenvalue weighted by Crippen LogP contribution is 2.19. The highest BCUT2D eigenvalue weighted by atomic mass is 16.5. The van der Waals surface area contributed by atoms with E-state index in [1.807, 2.05) is 0 Å². The third-order valence-electron chi connectivity index (χ3n) is 3.58. The maximum Gasteiger partial charge on any atom is 0.335 e. The van der Waals surface area contributed by atoms with E-state index in [1.165, 1.54) is 12.1 Å². The Labute approximate surface area is 118 Å². The highest BCUT2D eigenvalue weighted by molar-refractivity contribution is 5.94. The molecule has 20 heavy (non-hydrogen) atoms. The van der Waals surface area contributed by atoms with E-state index in [2.05, 4.69) is 0 Å². The summed E-state index contributed by atoms with van der Waals surface area (Å²) in [5, 5.41) is 8.83. The monoisotopic (exact) mass is 277 g/mol. The minimum atomic E-state index is -0.969. The number of carboxylic acids is 1. The molecule has 1 fully saturated rings. The van der Waals surface area contributed by atoms with Gasteiger partial charge in [0.05, 0.1) is 11.7 Å². The summed E-state index contributed by atoms with van der Waals surface area (Å²) in [6.07, 6.45) is 3.51. The van der Waals surface area contributed by atoms with Crippen molar-refractivity contribution in [1.82, 2.24) is 0 Å². The van der Waals surface area contributed by atoms with Crippen LogP contribution in [0.4, 0.5) is 5.69 Å². The van der Waals surface area contributed by atoms with Gasteiger partial charge in [-0.05, 0) is 43.5 Å². The predicted molar refractivity (Wildman–Crippen MR) is 75.0 cm³/mol. The number of rotatable bonds is 5. The molecule has 5 heteroatoms. The molecule has 1 unspecified atom stereocenters. The van der Waals surface area contributed by atoms with Crippen LogP contribution in [0, 0.1) is 0 Å². The first kappa shape index (κ1) is 14.5. The maximum absolute atomic E-state index is 12.1. The quantitative estimate of drug-likeness (QED) is 0.896. The fourth-order valence-corrected chi connectivity index (χ4v) is 2.30. The summed E-state index contributed by atoms with van der Waals surface area (Å²) in [7, 11) is 1.70. The van der Waals surface area contributed by atoms with E-state index in [0.29, 0.717) is 12.1 Å². The number of ether oxygens (including phenoxy) is 1. The minimum Gasteiger partial charge on any atom is -0.478 e. The fourth-order valence-electron chi connectivity index (χ4n) is 2.30. The summed E-state index contributed by atoms with van der Waals surface area (Å²) < 4.78 is 5.49. The van der Waals surface area contributed by atoms with E-state index in [1.54, 1.807) is 24.1 Å². The lowest BCUT2D eigenvalue weighted by atomic mass is 10.1. The lowest BCUT2D eigenvalue weighted by Crippen LogP contribution is -2.27. The first-order valence-electron chi connectivity index (χ1n) is 6.79. The van der Waals surface area contributed by atoms with Crippen LogP contribution in [0.15, 0.2) is 24.3 Å². The summed E-state index contributed by atoms with van der Waals surface area (Å²) in [6, 6.07) is 6.30. The average molecular weight is 277 g/mol. The molecule has 0 radical (unpaired) electrons. The van der Waals surface area contributed by atoms with Crippen molar-refractivity contribution >= 4 is 17.6 Å². The molecule has 108 valence electrons. The molecule has 1 amide bonds. The van der Waals surface area contributed by atoms with Gasteiger partial charge in [-0.2, -0.15) is 0 Å². The molecule has 1 aliphatic heterocycles. The number of aromatic carboxylic acids is 1. The van der Waals surface area contributed by atoms with Crippen molar-refractivity contribution in [3.63, 3.8) is 0 Å². The average Bonchev–Trinajstić information content (AvgIpc) is 2.97. The molecule has 1 aliphatic rings. The summed E-state index contributed by atoms with van der Waals surface area (Å²) in [6.45, 7) is 0.797. The molecule has 0 saturated carbocycles. The number of carbonyl (C=O) groups is 2. The van der Waals surface area contributed by atoms with Gasteiger partial charge in [-0.1, -0.05) is 0 Å². The number of carbonyl (C=O) groups excluding carboxylic acids is 1. The van der Waals surface area contributed by atoms with E-state index < -0.39 is 5.97 Å². The van der Waals surface area contributed by atoms with Crippen molar-refractivity contribution < 1.29 is 19.4 Å². The molecular weight excluding hydrogens is 258 g/mol. The SMILES string of the molecule is CN(C(=O)CCC1CCCO1)c1ccc(C(=O)O)cc1. The molecule has 1 atom stereocenters. The second-order valence-electron chi connectivity index (χ2n) is 4.98. The Kier molecular flexibility index (Phi) is 4.74. The summed E-state index contributed by atoms with van der Waals surface area (Å²) in [5.41, 5.74) is 0.918. The molecule has 2 rings (SSSR count). The van der Waals surface area contributed by atoms with Crippen molar-refractivity contribution in [2.75, 3.05) is 18.6 Å². The molecule has 1 aromatic rings. The molecule has 0 spiro atoms. The van der Waals surface area contributed by atoms with E-state index in [4.69, 9.17) is 9.84 Å². The lowest BCUT2D eigenvalue weighted by molar-refractivity contribution is -0.118. The Morgan fingerprint density at radius 1 is 1.35 bits per heavy atom. The van der Waals surface area contributed by atoms with Gasteiger partial charge in [0.25, 0.3) is 0 Å². The van der Waals surface area contributed by atoms with Gasteiger partial charge in [-0.25, -0.2) is 4.79 Å². The normalized spacial score (nSPS) is 17.9. The van der Waals surface area contributed by atoms with E-state index in [9.17, 15) is 9.59 Å². The molecule has 1 heterocycles. The fraction of sp³-hybridized carbons (Fsp3) is 0.467. The number of carboxylic acid groups (broad SMARTS) is 1. The van der Waals surface area contributed by atoms with Gasteiger partial charge < -0.3 is 14.7 Å². The second kappa shape index (κ2) is 6.52. The summed E-state index contributed by atoms with van der Waals surface area (Å²) >= 11 is 0. The van der Waals surface area contributed by atoms with Crippen LogP contribution in [0.3, 0.4) is 0 Å². The number of nitrogens with zero attached hydrogens (tertiary/aromatic N) is 1. The van der Waals surface area contributed by atoms with Crippen LogP contribution in [0.5, 0.6) is 0 Å². The maximum atomic E-state index is 12.1. The van der Waals surface area contributed by atoms with Crippen molar-refractivity contribution in [2.45, 2.75) is 31.8 Å². The Balaban J connectivity index is 1.90. The van der Waals surface area contributed by atoms with Crippen LogP contribution >= 0.6 is 0 Å². The molecular formula is C15H19NO4. The molecule has 0 aromatic heterocycles. The standard InChI is InChI=1S/C15H19NO4/c1-16(12-6-4-11(5-7-12)15(18)19)14(17)9-8-13-3-2-10-20-13/h4-7,13H,2-3,8-10H2,1H3,(H,18,19). The minimum absolute atomic E-state index is 0.0172. The van der Waals surface area contributed by atoms with Gasteiger partial charge >= 0.3 is 5.97 Å². The third kappa shape index (κ3) is 3.57. The highest BCUT2D eigenvalue weighted by Gasteiger charge is 2.18. The van der Waals surface area contributed by atoms with Gasteiger partial charge in [0.2, 0.25) is 5.91 Å². The summed E-state index contributed by atoms with van der Waals surface area (Å²) in [5.74, 6) is -0.951. The predicted octanol–water partition coefficient (Wildman–Crippen LogP) is 2.31. The second-order valence-corrected chi connectivity index (χ2v) is 4.98. The van der Waals surface area contributed by atoms with Crippen molar-refractivity contribution in [3.8, 4) is 0 Å². The van der Waals surface area contributed by atoms with Gasteiger partial charge in [0.1, 0.15) is 0 Å². The third-order valence-corrected chi connectivity index (χ3v) is 3.58. The zero-order valence-corrected chi connectivity index (χ0v) is 11.5. The molecule has 0 bridgehead atoms. The molecule has 1 aromatic carbocycles. The number of anilines is 1. The molecule has 1 N–H and O–H groups in total. The van der Waals surface area contributed by atoms with Crippen LogP contribution in [0.25, 0.3) is 0 Å². The van der Waals surface area contributed by atoms with Gasteiger partial charge in [0, 0.05) is 25.8 Å². The first-order chi connectivity index (χ1) is 9.58. The zero-order chi connectivity index (χ0) is 14.5. The summed E-state index contributed by atoms with van der Waals surface area (Å²) in [4.78, 5) is 24.4. The van der Waals surface area contributed by atoms with E-state index in [-0.39, 0.29) is 17.6 Å². The number of hydrogen-bond acceptors (Lipinski definition) is 3.